The van der Waals surface area contributed by atoms with Crippen LogP contribution in [0.3, 0.4) is 0 Å². The number of hydrogen-bond acceptors (Lipinski definition) is 8. The fourth-order valence-electron chi connectivity index (χ4n) is 5.13. The zero-order chi connectivity index (χ0) is 34.0. The maximum Gasteiger partial charge on any atom is 0.308 e. The van der Waals surface area contributed by atoms with Crippen LogP contribution in [0.4, 0.5) is 5.69 Å². The number of anilines is 1. The van der Waals surface area contributed by atoms with Crippen molar-refractivity contribution in [3.05, 3.63) is 68.6 Å². The first kappa shape index (κ1) is 35.9. The van der Waals surface area contributed by atoms with Gasteiger partial charge in [-0.25, -0.2) is 4.98 Å². The van der Waals surface area contributed by atoms with Crippen molar-refractivity contribution in [2.24, 2.45) is 5.41 Å². The summed E-state index contributed by atoms with van der Waals surface area (Å²) in [5, 5.41) is 10.4. The predicted octanol–water partition coefficient (Wildman–Crippen LogP) is 7.55. The number of aromatic nitrogens is 1. The first-order valence-electron chi connectivity index (χ1n) is 15.2. The molecule has 1 aromatic heterocycles. The Kier molecular flexibility index (Phi) is 10.9. The molecule has 2 aromatic carbocycles. The Morgan fingerprint density at radius 1 is 1.11 bits per heavy atom. The first-order chi connectivity index (χ1) is 21.5. The number of halogens is 1. The van der Waals surface area contributed by atoms with Gasteiger partial charge in [0.2, 0.25) is 0 Å². The van der Waals surface area contributed by atoms with Gasteiger partial charge in [0.05, 0.1) is 25.6 Å². The van der Waals surface area contributed by atoms with E-state index in [-0.39, 0.29) is 23.8 Å². The SMILES string of the molecule is COc1cccc([C@H]2O[C@H](Cc3ncc(CC(=O)O)s3)C(=O)N(CC(C)(C)CO[Si](C)(C)C(C)(C)C)c3ccc(Cl)cc32)c1OC. The van der Waals surface area contributed by atoms with Crippen LogP contribution in [0.15, 0.2) is 42.6 Å². The summed E-state index contributed by atoms with van der Waals surface area (Å²) in [5.41, 5.74) is 1.64. The minimum atomic E-state index is -2.06. The second kappa shape index (κ2) is 14.0. The Hall–Kier alpha value is -2.96. The Morgan fingerprint density at radius 2 is 1.83 bits per heavy atom. The van der Waals surface area contributed by atoms with Crippen LogP contribution in [-0.2, 0) is 31.6 Å². The second-order valence-corrected chi connectivity index (χ2v) is 20.4. The molecule has 4 rings (SSSR count). The number of ether oxygens (including phenoxy) is 3. The molecule has 0 saturated heterocycles. The van der Waals surface area contributed by atoms with Gasteiger partial charge >= 0.3 is 5.97 Å². The van der Waals surface area contributed by atoms with Gasteiger partial charge in [0.25, 0.3) is 5.91 Å². The van der Waals surface area contributed by atoms with Gasteiger partial charge in [0.1, 0.15) is 12.2 Å². The van der Waals surface area contributed by atoms with Crippen LogP contribution in [0.25, 0.3) is 0 Å². The summed E-state index contributed by atoms with van der Waals surface area (Å²) in [4.78, 5) is 32.8. The Balaban J connectivity index is 1.82. The maximum absolute atomic E-state index is 14.6. The van der Waals surface area contributed by atoms with Gasteiger partial charge in [-0.1, -0.05) is 58.4 Å². The molecule has 9 nitrogen and oxygen atoms in total. The fraction of sp³-hybridized carbons (Fsp3) is 0.500. The number of amides is 1. The summed E-state index contributed by atoms with van der Waals surface area (Å²) in [5.74, 6) is -0.161. The zero-order valence-electron chi connectivity index (χ0n) is 28.1. The smallest absolute Gasteiger partial charge is 0.308 e. The van der Waals surface area contributed by atoms with Gasteiger partial charge in [0.15, 0.2) is 19.8 Å². The minimum absolute atomic E-state index is 0.0417. The third-order valence-electron chi connectivity index (χ3n) is 8.62. The molecule has 1 aliphatic rings. The average molecular weight is 689 g/mol. The Bertz CT molecular complexity index is 1570. The quantitative estimate of drug-likeness (QED) is 0.194. The van der Waals surface area contributed by atoms with E-state index in [0.717, 1.165) is 0 Å². The van der Waals surface area contributed by atoms with Crippen LogP contribution < -0.4 is 14.4 Å². The minimum Gasteiger partial charge on any atom is -0.493 e. The van der Waals surface area contributed by atoms with E-state index in [9.17, 15) is 14.7 Å². The largest absolute Gasteiger partial charge is 0.493 e. The number of carbonyl (C=O) groups is 2. The lowest BCUT2D eigenvalue weighted by Crippen LogP contribution is -2.48. The second-order valence-electron chi connectivity index (χ2n) is 13.9. The third-order valence-corrected chi connectivity index (χ3v) is 14.4. The van der Waals surface area contributed by atoms with E-state index < -0.39 is 31.9 Å². The van der Waals surface area contributed by atoms with Crippen molar-refractivity contribution in [3.8, 4) is 11.5 Å². The maximum atomic E-state index is 14.6. The molecule has 2 atom stereocenters. The van der Waals surface area contributed by atoms with Crippen molar-refractivity contribution in [3.63, 3.8) is 0 Å². The van der Waals surface area contributed by atoms with Crippen molar-refractivity contribution in [2.75, 3.05) is 32.3 Å². The number of carboxylic acids is 1. The Labute approximate surface area is 281 Å². The number of methoxy groups -OCH3 is 2. The lowest BCUT2D eigenvalue weighted by atomic mass is 9.92. The van der Waals surface area contributed by atoms with Gasteiger partial charge in [-0.15, -0.1) is 11.3 Å². The molecule has 0 aliphatic carbocycles. The van der Waals surface area contributed by atoms with E-state index >= 15 is 0 Å². The molecular formula is C34H45ClN2O7SSi. The van der Waals surface area contributed by atoms with Crippen LogP contribution in [0.1, 0.15) is 61.7 Å². The molecule has 46 heavy (non-hydrogen) atoms. The number of thiazole rings is 1. The van der Waals surface area contributed by atoms with E-state index in [1.165, 1.54) is 11.3 Å². The number of nitrogens with zero attached hydrogens (tertiary/aromatic N) is 2. The van der Waals surface area contributed by atoms with Crippen LogP contribution in [0, 0.1) is 5.41 Å². The van der Waals surface area contributed by atoms with Crippen LogP contribution >= 0.6 is 22.9 Å². The van der Waals surface area contributed by atoms with Gasteiger partial charge in [-0.05, 0) is 42.4 Å². The normalized spacial score (nSPS) is 17.4. The lowest BCUT2D eigenvalue weighted by Gasteiger charge is -2.40. The summed E-state index contributed by atoms with van der Waals surface area (Å²) in [7, 11) is 1.08. The topological polar surface area (TPSA) is 107 Å². The van der Waals surface area contributed by atoms with E-state index in [1.807, 2.05) is 24.3 Å². The fourth-order valence-corrected chi connectivity index (χ4v) is 7.43. The van der Waals surface area contributed by atoms with E-state index in [0.29, 0.717) is 56.4 Å². The number of hydrogen-bond donors (Lipinski definition) is 1. The number of aliphatic carboxylic acids is 1. The molecule has 0 fully saturated rings. The van der Waals surface area contributed by atoms with Gasteiger partial charge in [-0.3, -0.25) is 9.59 Å². The van der Waals surface area contributed by atoms with Gasteiger partial charge in [0, 0.05) is 57.9 Å². The number of carboxylic acid groups (broad SMARTS) is 1. The predicted molar refractivity (Wildman–Crippen MR) is 184 cm³/mol. The van der Waals surface area contributed by atoms with Gasteiger partial charge < -0.3 is 28.6 Å². The van der Waals surface area contributed by atoms with Crippen molar-refractivity contribution in [1.29, 1.82) is 0 Å². The molecule has 250 valence electrons. The highest BCUT2D eigenvalue weighted by atomic mass is 35.5. The molecule has 0 saturated carbocycles. The molecule has 2 heterocycles. The summed E-state index contributed by atoms with van der Waals surface area (Å²) in [6.45, 7) is 16.1. The zero-order valence-corrected chi connectivity index (χ0v) is 30.7. The van der Waals surface area contributed by atoms with Crippen molar-refractivity contribution in [1.82, 2.24) is 4.98 Å². The molecule has 1 aliphatic heterocycles. The molecule has 1 amide bonds. The Morgan fingerprint density at radius 3 is 2.46 bits per heavy atom. The van der Waals surface area contributed by atoms with E-state index in [4.69, 9.17) is 30.2 Å². The highest BCUT2D eigenvalue weighted by Crippen LogP contribution is 2.46. The number of fused-ring (bicyclic) bond motifs is 1. The number of benzene rings is 2. The molecule has 0 bridgehead atoms. The first-order valence-corrected chi connectivity index (χ1v) is 19.3. The summed E-state index contributed by atoms with van der Waals surface area (Å²) < 4.78 is 24.8. The third kappa shape index (κ3) is 8.11. The van der Waals surface area contributed by atoms with E-state index in [1.54, 1.807) is 37.4 Å². The van der Waals surface area contributed by atoms with Gasteiger partial charge in [-0.2, -0.15) is 0 Å². The lowest BCUT2D eigenvalue weighted by molar-refractivity contribution is -0.136. The summed E-state index contributed by atoms with van der Waals surface area (Å²) in [6.07, 6.45) is -0.133. The van der Waals surface area contributed by atoms with E-state index in [2.05, 4.69) is 52.7 Å². The molecule has 0 spiro atoms. The van der Waals surface area contributed by atoms with Crippen molar-refractivity contribution >= 4 is 48.8 Å². The van der Waals surface area contributed by atoms with Crippen molar-refractivity contribution in [2.45, 2.75) is 77.8 Å². The van der Waals surface area contributed by atoms with Crippen molar-refractivity contribution < 1.29 is 33.3 Å². The average Bonchev–Trinajstić information content (AvgIpc) is 3.37. The highest BCUT2D eigenvalue weighted by Gasteiger charge is 2.42. The highest BCUT2D eigenvalue weighted by molar-refractivity contribution is 7.11. The summed E-state index contributed by atoms with van der Waals surface area (Å²) in [6, 6.07) is 11.0. The number of carbonyl (C=O) groups excluding carboxylic acids is 1. The molecule has 12 heteroatoms. The van der Waals surface area contributed by atoms with Crippen LogP contribution in [0.5, 0.6) is 11.5 Å². The van der Waals surface area contributed by atoms with Crippen LogP contribution in [0.2, 0.25) is 23.2 Å². The summed E-state index contributed by atoms with van der Waals surface area (Å²) >= 11 is 7.86. The number of para-hydroxylation sites is 1. The molecule has 0 radical (unpaired) electrons. The number of rotatable bonds is 12. The monoisotopic (exact) mass is 688 g/mol. The van der Waals surface area contributed by atoms with Crippen LogP contribution in [-0.4, -0.2) is 63.8 Å². The molecule has 3 aromatic rings. The molecule has 1 N–H and O–H groups in total. The molecular weight excluding hydrogens is 644 g/mol. The molecule has 0 unspecified atom stereocenters. The standard InChI is InChI=1S/C34H45ClN2O7SSi/c1-33(2,3)46(8,9)43-20-34(4,5)19-37-25-14-13-21(35)15-24(25)30(23-11-10-12-26(41-6)31(23)42-7)44-27(32(37)40)17-28-36-18-22(45-28)16-29(38)39/h10-15,18,27,30H,16-17,19-20H2,1-9H3,(H,38,39)/t27-,30-/m1/s1.